The number of nitrogens with zero attached hydrogens (tertiary/aromatic N) is 4. The first-order valence-corrected chi connectivity index (χ1v) is 10.3. The molecule has 6 nitrogen and oxygen atoms in total. The number of ketones is 1. The minimum atomic E-state index is -0.561. The van der Waals surface area contributed by atoms with Crippen LogP contribution in [0.15, 0.2) is 77.9 Å². The highest BCUT2D eigenvalue weighted by atomic mass is 19.1. The third-order valence-electron chi connectivity index (χ3n) is 5.09. The molecule has 8 heteroatoms. The number of aromatic nitrogens is 3. The molecule has 2 aromatic carbocycles. The number of carbonyl (C=O) groups is 1. The number of carbonyl (C=O) groups excluding carboxylic acids is 1. The normalized spacial score (nSPS) is 10.8. The lowest BCUT2D eigenvalue weighted by Gasteiger charge is -2.27. The van der Waals surface area contributed by atoms with Gasteiger partial charge in [-0.15, -0.1) is 0 Å². The molecule has 0 atom stereocenters. The van der Waals surface area contributed by atoms with Crippen LogP contribution in [-0.4, -0.2) is 20.5 Å². The summed E-state index contributed by atoms with van der Waals surface area (Å²) in [6.07, 6.45) is 3.11. The van der Waals surface area contributed by atoms with Gasteiger partial charge >= 0.3 is 0 Å². The van der Waals surface area contributed by atoms with Crippen LogP contribution < -0.4 is 10.5 Å². The number of aryl methyl sites for hydroxylation is 1. The standard InChI is InChI=1S/C25H20F2N4O2/c1-3-30-25(33)24(22(16(2)32)23(29-30)17-10-12-28-13-11-17)31(20-8-4-6-18(26)14-20)21-9-5-7-19(27)15-21/h4-15H,3H2,1-2H3. The van der Waals surface area contributed by atoms with E-state index in [2.05, 4.69) is 10.1 Å². The maximum absolute atomic E-state index is 14.2. The molecule has 0 spiro atoms. The molecule has 4 rings (SSSR count). The van der Waals surface area contributed by atoms with E-state index in [0.717, 1.165) is 0 Å². The van der Waals surface area contributed by atoms with E-state index >= 15 is 0 Å². The van der Waals surface area contributed by atoms with E-state index in [1.54, 1.807) is 43.6 Å². The molecule has 0 bridgehead atoms. The average molecular weight is 446 g/mol. The van der Waals surface area contributed by atoms with E-state index < -0.39 is 23.0 Å². The van der Waals surface area contributed by atoms with Crippen LogP contribution in [-0.2, 0) is 6.54 Å². The van der Waals surface area contributed by atoms with E-state index in [-0.39, 0.29) is 34.9 Å². The summed E-state index contributed by atoms with van der Waals surface area (Å²) in [6, 6.07) is 14.4. The zero-order valence-electron chi connectivity index (χ0n) is 18.0. The molecule has 0 N–H and O–H groups in total. The largest absolute Gasteiger partial charge is 0.305 e. The molecule has 0 saturated heterocycles. The Morgan fingerprint density at radius 3 is 2.03 bits per heavy atom. The van der Waals surface area contributed by atoms with Crippen LogP contribution in [0.4, 0.5) is 25.8 Å². The Balaban J connectivity index is 2.15. The van der Waals surface area contributed by atoms with E-state index in [1.165, 1.54) is 52.9 Å². The number of rotatable bonds is 6. The lowest BCUT2D eigenvalue weighted by Crippen LogP contribution is -2.31. The summed E-state index contributed by atoms with van der Waals surface area (Å²) < 4.78 is 29.7. The summed E-state index contributed by atoms with van der Waals surface area (Å²) in [5.41, 5.74) is 0.821. The molecular weight excluding hydrogens is 426 g/mol. The van der Waals surface area contributed by atoms with Crippen molar-refractivity contribution in [2.45, 2.75) is 20.4 Å². The SMILES string of the molecule is CCn1nc(-c2ccncc2)c(C(C)=O)c(N(c2cccc(F)c2)c2cccc(F)c2)c1=O. The van der Waals surface area contributed by atoms with Gasteiger partial charge in [0.1, 0.15) is 23.0 Å². The maximum atomic E-state index is 14.2. The van der Waals surface area contributed by atoms with Gasteiger partial charge in [-0.1, -0.05) is 12.1 Å². The van der Waals surface area contributed by atoms with Crippen molar-refractivity contribution < 1.29 is 13.6 Å². The number of anilines is 3. The summed E-state index contributed by atoms with van der Waals surface area (Å²) in [7, 11) is 0. The van der Waals surface area contributed by atoms with E-state index in [9.17, 15) is 18.4 Å². The molecule has 166 valence electrons. The van der Waals surface area contributed by atoms with Crippen molar-refractivity contribution in [2.24, 2.45) is 0 Å². The highest BCUT2D eigenvalue weighted by molar-refractivity contribution is 6.06. The number of Topliss-reactive ketones (excluding diaryl/α,β-unsaturated/α-hetero) is 1. The van der Waals surface area contributed by atoms with Gasteiger partial charge in [-0.3, -0.25) is 14.6 Å². The topological polar surface area (TPSA) is 68.1 Å². The second-order valence-electron chi connectivity index (χ2n) is 7.28. The van der Waals surface area contributed by atoms with Gasteiger partial charge in [0.05, 0.1) is 5.56 Å². The first-order chi connectivity index (χ1) is 15.9. The molecular formula is C25H20F2N4O2. The lowest BCUT2D eigenvalue weighted by atomic mass is 10.0. The molecule has 4 aromatic rings. The van der Waals surface area contributed by atoms with E-state index in [0.29, 0.717) is 5.56 Å². The predicted octanol–water partition coefficient (Wildman–Crippen LogP) is 5.28. The Hall–Kier alpha value is -4.20. The second kappa shape index (κ2) is 9.12. The van der Waals surface area contributed by atoms with E-state index in [1.807, 2.05) is 0 Å². The van der Waals surface area contributed by atoms with E-state index in [4.69, 9.17) is 0 Å². The van der Waals surface area contributed by atoms with Crippen molar-refractivity contribution in [3.05, 3.63) is 101 Å². The minimum Gasteiger partial charge on any atom is -0.305 e. The molecule has 0 fully saturated rings. The number of pyridine rings is 1. The van der Waals surface area contributed by atoms with Crippen LogP contribution >= 0.6 is 0 Å². The van der Waals surface area contributed by atoms with Crippen molar-refractivity contribution in [3.8, 4) is 11.3 Å². The quantitative estimate of drug-likeness (QED) is 0.377. The van der Waals surface area contributed by atoms with Crippen molar-refractivity contribution in [1.29, 1.82) is 0 Å². The molecule has 2 heterocycles. The number of halogens is 2. The first-order valence-electron chi connectivity index (χ1n) is 10.3. The second-order valence-corrected chi connectivity index (χ2v) is 7.28. The van der Waals surface area contributed by atoms with Crippen molar-refractivity contribution in [2.75, 3.05) is 4.90 Å². The fourth-order valence-corrected chi connectivity index (χ4v) is 3.66. The number of benzene rings is 2. The zero-order chi connectivity index (χ0) is 23.5. The number of hydrogen-bond donors (Lipinski definition) is 0. The molecule has 0 unspecified atom stereocenters. The van der Waals surface area contributed by atoms with Gasteiger partial charge < -0.3 is 4.90 Å². The van der Waals surface area contributed by atoms with Crippen molar-refractivity contribution >= 4 is 22.8 Å². The van der Waals surface area contributed by atoms with Crippen molar-refractivity contribution in [3.63, 3.8) is 0 Å². The van der Waals surface area contributed by atoms with Gasteiger partial charge in [-0.25, -0.2) is 13.5 Å². The predicted molar refractivity (Wildman–Crippen MR) is 122 cm³/mol. The Labute approximate surface area is 188 Å². The van der Waals surface area contributed by atoms with Gasteiger partial charge in [-0.05, 0) is 62.4 Å². The highest BCUT2D eigenvalue weighted by Gasteiger charge is 2.28. The summed E-state index contributed by atoms with van der Waals surface area (Å²) >= 11 is 0. The summed E-state index contributed by atoms with van der Waals surface area (Å²) in [5, 5.41) is 4.43. The highest BCUT2D eigenvalue weighted by Crippen LogP contribution is 2.37. The molecule has 0 aliphatic heterocycles. The smallest absolute Gasteiger partial charge is 0.291 e. The molecule has 2 aromatic heterocycles. The lowest BCUT2D eigenvalue weighted by molar-refractivity contribution is 0.101. The van der Waals surface area contributed by atoms with Gasteiger partial charge in [0, 0.05) is 35.9 Å². The third kappa shape index (κ3) is 4.27. The van der Waals surface area contributed by atoms with Gasteiger partial charge in [0.2, 0.25) is 0 Å². The molecule has 0 aliphatic carbocycles. The molecule has 0 amide bonds. The van der Waals surface area contributed by atoms with Crippen LogP contribution in [0.2, 0.25) is 0 Å². The maximum Gasteiger partial charge on any atom is 0.291 e. The minimum absolute atomic E-state index is 0.0395. The van der Waals surface area contributed by atoms with Gasteiger partial charge in [0.25, 0.3) is 5.56 Å². The Kier molecular flexibility index (Phi) is 6.08. The van der Waals surface area contributed by atoms with Crippen LogP contribution in [0, 0.1) is 11.6 Å². The fraction of sp³-hybridized carbons (Fsp3) is 0.120. The fourth-order valence-electron chi connectivity index (χ4n) is 3.66. The summed E-state index contributed by atoms with van der Waals surface area (Å²) in [6.45, 7) is 3.30. The first kappa shape index (κ1) is 22.0. The van der Waals surface area contributed by atoms with Crippen LogP contribution in [0.25, 0.3) is 11.3 Å². The Morgan fingerprint density at radius 2 is 1.55 bits per heavy atom. The number of hydrogen-bond acceptors (Lipinski definition) is 5. The Morgan fingerprint density at radius 1 is 0.970 bits per heavy atom. The molecule has 0 radical (unpaired) electrons. The van der Waals surface area contributed by atoms with Crippen LogP contribution in [0.3, 0.4) is 0 Å². The zero-order valence-corrected chi connectivity index (χ0v) is 18.0. The molecule has 0 aliphatic rings. The average Bonchev–Trinajstić information content (AvgIpc) is 2.80. The summed E-state index contributed by atoms with van der Waals surface area (Å²) in [5.74, 6) is -1.50. The van der Waals surface area contributed by atoms with Gasteiger partial charge in [0.15, 0.2) is 5.78 Å². The molecule has 0 saturated carbocycles. The third-order valence-corrected chi connectivity index (χ3v) is 5.09. The summed E-state index contributed by atoms with van der Waals surface area (Å²) in [4.78, 5) is 31.9. The van der Waals surface area contributed by atoms with Gasteiger partial charge in [-0.2, -0.15) is 5.10 Å². The van der Waals surface area contributed by atoms with Crippen LogP contribution in [0.5, 0.6) is 0 Å². The molecule has 33 heavy (non-hydrogen) atoms. The van der Waals surface area contributed by atoms with Crippen LogP contribution in [0.1, 0.15) is 24.2 Å². The Bertz CT molecular complexity index is 1340. The monoisotopic (exact) mass is 446 g/mol. The van der Waals surface area contributed by atoms with Crippen molar-refractivity contribution in [1.82, 2.24) is 14.8 Å².